The van der Waals surface area contributed by atoms with Crippen molar-refractivity contribution in [2.24, 2.45) is 5.92 Å². The van der Waals surface area contributed by atoms with E-state index in [-0.39, 0.29) is 11.9 Å². The normalized spacial score (nSPS) is 20.9. The average Bonchev–Trinajstić information content (AvgIpc) is 3.20. The molecule has 0 aromatic carbocycles. The van der Waals surface area contributed by atoms with Crippen LogP contribution in [0.15, 0.2) is 5.38 Å². The van der Waals surface area contributed by atoms with Crippen molar-refractivity contribution < 1.29 is 4.79 Å². The molecule has 1 aliphatic carbocycles. The maximum absolute atomic E-state index is 12.7. The van der Waals surface area contributed by atoms with Crippen molar-refractivity contribution in [3.8, 4) is 0 Å². The van der Waals surface area contributed by atoms with E-state index in [2.05, 4.69) is 27.0 Å². The largest absolute Gasteiger partial charge is 0.342 e. The van der Waals surface area contributed by atoms with Crippen LogP contribution in [0.4, 0.5) is 0 Å². The van der Waals surface area contributed by atoms with Crippen molar-refractivity contribution in [2.75, 3.05) is 0 Å². The van der Waals surface area contributed by atoms with Gasteiger partial charge in [-0.05, 0) is 44.1 Å². The first-order valence-corrected chi connectivity index (χ1v) is 9.33. The van der Waals surface area contributed by atoms with Gasteiger partial charge in [-0.3, -0.25) is 4.79 Å². The lowest BCUT2D eigenvalue weighted by molar-refractivity contribution is 0.0936. The first-order chi connectivity index (χ1) is 11.1. The number of aryl methyl sites for hydroxylation is 1. The molecule has 0 bridgehead atoms. The standard InChI is InChI=1S/C17H22N4OS/c1-10-5-6-12-13(9-23-14(12)8-10)17(22)18-11(2)16-20-19-15-4-3-7-21(15)16/h9-11H,3-8H2,1-2H3,(H,18,22). The number of nitrogens with one attached hydrogen (secondary N) is 1. The quantitative estimate of drug-likeness (QED) is 0.941. The summed E-state index contributed by atoms with van der Waals surface area (Å²) in [5.41, 5.74) is 2.13. The Morgan fingerprint density at radius 2 is 2.30 bits per heavy atom. The molecule has 23 heavy (non-hydrogen) atoms. The Morgan fingerprint density at radius 3 is 3.17 bits per heavy atom. The second-order valence-electron chi connectivity index (χ2n) is 6.82. The fraction of sp³-hybridized carbons (Fsp3) is 0.588. The highest BCUT2D eigenvalue weighted by Crippen LogP contribution is 2.33. The minimum absolute atomic E-state index is 0.0277. The molecule has 3 heterocycles. The number of hydrogen-bond donors (Lipinski definition) is 1. The van der Waals surface area contributed by atoms with Crippen molar-refractivity contribution >= 4 is 17.2 Å². The zero-order valence-electron chi connectivity index (χ0n) is 13.6. The number of carbonyl (C=O) groups is 1. The third-order valence-electron chi connectivity index (χ3n) is 5.02. The van der Waals surface area contributed by atoms with Crippen LogP contribution in [0.2, 0.25) is 0 Å². The number of nitrogens with zero attached hydrogens (tertiary/aromatic N) is 3. The van der Waals surface area contributed by atoms with Crippen molar-refractivity contribution in [3.63, 3.8) is 0 Å². The van der Waals surface area contributed by atoms with Crippen LogP contribution >= 0.6 is 11.3 Å². The second kappa shape index (κ2) is 5.74. The summed E-state index contributed by atoms with van der Waals surface area (Å²) in [5.74, 6) is 2.68. The lowest BCUT2D eigenvalue weighted by Gasteiger charge is -2.19. The van der Waals surface area contributed by atoms with E-state index >= 15 is 0 Å². The molecule has 2 aromatic heterocycles. The number of fused-ring (bicyclic) bond motifs is 2. The number of amides is 1. The minimum atomic E-state index is -0.111. The smallest absolute Gasteiger partial charge is 0.252 e. The summed E-state index contributed by atoms with van der Waals surface area (Å²) in [7, 11) is 0. The van der Waals surface area contributed by atoms with E-state index in [1.165, 1.54) is 16.9 Å². The number of carbonyl (C=O) groups excluding carboxylic acids is 1. The van der Waals surface area contributed by atoms with Crippen molar-refractivity contribution in [1.82, 2.24) is 20.1 Å². The molecular weight excluding hydrogens is 308 g/mol. The fourth-order valence-corrected chi connectivity index (χ4v) is 4.94. The summed E-state index contributed by atoms with van der Waals surface area (Å²) in [6.07, 6.45) is 5.42. The van der Waals surface area contributed by atoms with E-state index < -0.39 is 0 Å². The van der Waals surface area contributed by atoms with Gasteiger partial charge in [0, 0.05) is 23.2 Å². The van der Waals surface area contributed by atoms with Crippen molar-refractivity contribution in [2.45, 2.75) is 58.5 Å². The number of hydrogen-bond acceptors (Lipinski definition) is 4. The molecule has 6 heteroatoms. The molecule has 0 saturated heterocycles. The van der Waals surface area contributed by atoms with Crippen LogP contribution < -0.4 is 5.32 Å². The predicted octanol–water partition coefficient (Wildman–Crippen LogP) is 2.90. The van der Waals surface area contributed by atoms with E-state index in [0.29, 0.717) is 0 Å². The zero-order valence-corrected chi connectivity index (χ0v) is 14.4. The minimum Gasteiger partial charge on any atom is -0.342 e. The summed E-state index contributed by atoms with van der Waals surface area (Å²) >= 11 is 1.73. The van der Waals surface area contributed by atoms with Gasteiger partial charge < -0.3 is 9.88 Å². The van der Waals surface area contributed by atoms with Crippen LogP contribution in [0.1, 0.15) is 65.2 Å². The van der Waals surface area contributed by atoms with E-state index in [1.807, 2.05) is 12.3 Å². The molecule has 2 unspecified atom stereocenters. The topological polar surface area (TPSA) is 59.8 Å². The molecule has 0 saturated carbocycles. The monoisotopic (exact) mass is 330 g/mol. The first kappa shape index (κ1) is 14.9. The highest BCUT2D eigenvalue weighted by molar-refractivity contribution is 7.10. The number of thiophene rings is 1. The molecule has 1 amide bonds. The van der Waals surface area contributed by atoms with Gasteiger partial charge in [0.15, 0.2) is 5.82 Å². The van der Waals surface area contributed by atoms with Crippen LogP contribution in [-0.2, 0) is 25.8 Å². The maximum atomic E-state index is 12.7. The van der Waals surface area contributed by atoms with Gasteiger partial charge in [-0.1, -0.05) is 6.92 Å². The van der Waals surface area contributed by atoms with Gasteiger partial charge in [0.1, 0.15) is 5.82 Å². The van der Waals surface area contributed by atoms with Crippen LogP contribution in [-0.4, -0.2) is 20.7 Å². The molecule has 4 rings (SSSR count). The Bertz CT molecular complexity index is 748. The molecular formula is C17H22N4OS. The Balaban J connectivity index is 1.52. The molecule has 1 N–H and O–H groups in total. The van der Waals surface area contributed by atoms with Gasteiger partial charge in [-0.2, -0.15) is 0 Å². The molecule has 0 spiro atoms. The third-order valence-corrected chi connectivity index (χ3v) is 6.07. The average molecular weight is 330 g/mol. The maximum Gasteiger partial charge on any atom is 0.252 e. The second-order valence-corrected chi connectivity index (χ2v) is 7.79. The summed E-state index contributed by atoms with van der Waals surface area (Å²) in [5, 5.41) is 13.6. The van der Waals surface area contributed by atoms with Crippen LogP contribution in [0, 0.1) is 5.92 Å². The van der Waals surface area contributed by atoms with Gasteiger partial charge in [-0.25, -0.2) is 0 Å². The van der Waals surface area contributed by atoms with E-state index in [1.54, 1.807) is 11.3 Å². The highest BCUT2D eigenvalue weighted by atomic mass is 32.1. The molecule has 2 atom stereocenters. The number of rotatable bonds is 3. The molecule has 2 aliphatic rings. The van der Waals surface area contributed by atoms with Gasteiger partial charge >= 0.3 is 0 Å². The third kappa shape index (κ3) is 2.59. The van der Waals surface area contributed by atoms with Gasteiger partial charge in [0.05, 0.1) is 11.6 Å². The zero-order chi connectivity index (χ0) is 16.0. The molecule has 0 radical (unpaired) electrons. The van der Waals surface area contributed by atoms with Crippen molar-refractivity contribution in [1.29, 1.82) is 0 Å². The summed E-state index contributed by atoms with van der Waals surface area (Å²) in [4.78, 5) is 14.1. The predicted molar refractivity (Wildman–Crippen MR) is 89.7 cm³/mol. The number of aromatic nitrogens is 3. The van der Waals surface area contributed by atoms with E-state index in [0.717, 1.165) is 55.4 Å². The van der Waals surface area contributed by atoms with Crippen LogP contribution in [0.3, 0.4) is 0 Å². The summed E-state index contributed by atoms with van der Waals surface area (Å²) in [6, 6.07) is -0.111. The first-order valence-electron chi connectivity index (χ1n) is 8.45. The van der Waals surface area contributed by atoms with Gasteiger partial charge in [0.2, 0.25) is 0 Å². The Hall–Kier alpha value is -1.69. The lowest BCUT2D eigenvalue weighted by atomic mass is 9.88. The van der Waals surface area contributed by atoms with Gasteiger partial charge in [-0.15, -0.1) is 21.5 Å². The fourth-order valence-electron chi connectivity index (χ4n) is 3.70. The molecule has 2 aromatic rings. The Kier molecular flexibility index (Phi) is 3.71. The molecule has 122 valence electrons. The van der Waals surface area contributed by atoms with E-state index in [9.17, 15) is 4.79 Å². The summed E-state index contributed by atoms with van der Waals surface area (Å²) in [6.45, 7) is 5.24. The summed E-state index contributed by atoms with van der Waals surface area (Å²) < 4.78 is 2.15. The van der Waals surface area contributed by atoms with Gasteiger partial charge in [0.25, 0.3) is 5.91 Å². The van der Waals surface area contributed by atoms with Crippen molar-refractivity contribution in [3.05, 3.63) is 33.0 Å². The van der Waals surface area contributed by atoms with Crippen LogP contribution in [0.5, 0.6) is 0 Å². The molecule has 0 fully saturated rings. The lowest BCUT2D eigenvalue weighted by Crippen LogP contribution is -2.29. The molecule has 1 aliphatic heterocycles. The van der Waals surface area contributed by atoms with Crippen LogP contribution in [0.25, 0.3) is 0 Å². The highest BCUT2D eigenvalue weighted by Gasteiger charge is 2.26. The SMILES string of the molecule is CC1CCc2c(C(=O)NC(C)c3nnc4n3CCC4)csc2C1. The Labute approximate surface area is 140 Å². The molecule has 5 nitrogen and oxygen atoms in total. The van der Waals surface area contributed by atoms with E-state index in [4.69, 9.17) is 0 Å². The Morgan fingerprint density at radius 1 is 1.43 bits per heavy atom.